The molecule has 188 valence electrons. The minimum atomic E-state index is -1.17. The molecule has 1 aromatic carbocycles. The molecular weight excluding hydrogens is 462 g/mol. The van der Waals surface area contributed by atoms with Gasteiger partial charge >= 0.3 is 5.97 Å². The van der Waals surface area contributed by atoms with E-state index >= 15 is 0 Å². The number of benzene rings is 1. The summed E-state index contributed by atoms with van der Waals surface area (Å²) in [6, 6.07) is 4.67. The standard InChI is InChI=1S/C22H33N5O6S/c1-13(25-20(30)15(23)8-9-18(24)28)19(29)27-17(12-14-6-4-3-5-7-14)21(31)26-16(22(32)33)10-11-34-2/h3-7,13,15-17H,8-12,23H2,1-2H3,(H2,24,28)(H,25,30)(H,26,31)(H,27,29)(H,32,33). The molecule has 0 radical (unpaired) electrons. The number of rotatable bonds is 15. The van der Waals surface area contributed by atoms with Crippen LogP contribution in [0.25, 0.3) is 0 Å². The van der Waals surface area contributed by atoms with Gasteiger partial charge in [-0.25, -0.2) is 4.79 Å². The van der Waals surface area contributed by atoms with Crippen molar-refractivity contribution in [2.24, 2.45) is 11.5 Å². The lowest BCUT2D eigenvalue weighted by Crippen LogP contribution is -2.57. The van der Waals surface area contributed by atoms with Gasteiger partial charge < -0.3 is 32.5 Å². The molecule has 0 bridgehead atoms. The van der Waals surface area contributed by atoms with Crippen LogP contribution in [0.2, 0.25) is 0 Å². The van der Waals surface area contributed by atoms with Gasteiger partial charge in [0.05, 0.1) is 6.04 Å². The van der Waals surface area contributed by atoms with Crippen molar-refractivity contribution in [2.75, 3.05) is 12.0 Å². The van der Waals surface area contributed by atoms with Crippen molar-refractivity contribution >= 4 is 41.4 Å². The molecule has 34 heavy (non-hydrogen) atoms. The Morgan fingerprint density at radius 2 is 1.56 bits per heavy atom. The maximum absolute atomic E-state index is 12.9. The molecule has 4 atom stereocenters. The van der Waals surface area contributed by atoms with E-state index in [4.69, 9.17) is 11.5 Å². The third-order valence-corrected chi connectivity index (χ3v) is 5.58. The van der Waals surface area contributed by atoms with Crippen molar-refractivity contribution < 1.29 is 29.1 Å². The number of amides is 4. The van der Waals surface area contributed by atoms with Crippen molar-refractivity contribution in [1.29, 1.82) is 0 Å². The molecule has 8 N–H and O–H groups in total. The van der Waals surface area contributed by atoms with Crippen molar-refractivity contribution in [2.45, 2.75) is 56.8 Å². The average Bonchev–Trinajstić information content (AvgIpc) is 2.79. The first-order chi connectivity index (χ1) is 16.0. The third-order valence-electron chi connectivity index (χ3n) is 4.93. The fraction of sp³-hybridized carbons (Fsp3) is 0.500. The van der Waals surface area contributed by atoms with Crippen molar-refractivity contribution in [1.82, 2.24) is 16.0 Å². The van der Waals surface area contributed by atoms with E-state index < -0.39 is 53.8 Å². The molecule has 0 saturated heterocycles. The highest BCUT2D eigenvalue weighted by Crippen LogP contribution is 2.07. The van der Waals surface area contributed by atoms with Gasteiger partial charge in [-0.2, -0.15) is 11.8 Å². The van der Waals surface area contributed by atoms with Gasteiger partial charge in [0.15, 0.2) is 0 Å². The molecule has 12 heteroatoms. The van der Waals surface area contributed by atoms with Crippen LogP contribution in [0.1, 0.15) is 31.7 Å². The summed E-state index contributed by atoms with van der Waals surface area (Å²) < 4.78 is 0. The van der Waals surface area contributed by atoms with E-state index in [2.05, 4.69) is 16.0 Å². The van der Waals surface area contributed by atoms with Gasteiger partial charge in [-0.05, 0) is 37.3 Å². The Morgan fingerprint density at radius 3 is 2.12 bits per heavy atom. The van der Waals surface area contributed by atoms with E-state index in [1.165, 1.54) is 18.7 Å². The van der Waals surface area contributed by atoms with E-state index in [1.54, 1.807) is 30.3 Å². The van der Waals surface area contributed by atoms with Crippen molar-refractivity contribution in [3.63, 3.8) is 0 Å². The highest BCUT2D eigenvalue weighted by atomic mass is 32.2. The molecular formula is C22H33N5O6S. The number of carbonyl (C=O) groups excluding carboxylic acids is 4. The zero-order valence-electron chi connectivity index (χ0n) is 19.3. The molecule has 0 saturated carbocycles. The van der Waals surface area contributed by atoms with Crippen LogP contribution in [0.4, 0.5) is 0 Å². The van der Waals surface area contributed by atoms with Crippen LogP contribution in [0.5, 0.6) is 0 Å². The smallest absolute Gasteiger partial charge is 0.326 e. The second-order valence-electron chi connectivity index (χ2n) is 7.77. The zero-order chi connectivity index (χ0) is 25.7. The number of thioether (sulfide) groups is 1. The van der Waals surface area contributed by atoms with E-state index in [-0.39, 0.29) is 25.7 Å². The Balaban J connectivity index is 2.88. The van der Waals surface area contributed by atoms with Crippen LogP contribution >= 0.6 is 11.8 Å². The molecule has 0 aliphatic carbocycles. The number of primary amides is 1. The van der Waals surface area contributed by atoms with Crippen LogP contribution in [-0.4, -0.2) is 70.9 Å². The first-order valence-corrected chi connectivity index (χ1v) is 12.1. The summed E-state index contributed by atoms with van der Waals surface area (Å²) in [7, 11) is 0. The summed E-state index contributed by atoms with van der Waals surface area (Å²) in [5, 5.41) is 16.9. The Kier molecular flexibility index (Phi) is 12.7. The fourth-order valence-electron chi connectivity index (χ4n) is 2.94. The third kappa shape index (κ3) is 10.7. The Hall–Kier alpha value is -3.12. The number of nitrogens with one attached hydrogen (secondary N) is 3. The number of carbonyl (C=O) groups is 5. The van der Waals surface area contributed by atoms with Gasteiger partial charge in [-0.15, -0.1) is 0 Å². The SMILES string of the molecule is CSCCC(NC(=O)C(Cc1ccccc1)NC(=O)C(C)NC(=O)C(N)CCC(N)=O)C(=O)O. The van der Waals surface area contributed by atoms with Gasteiger partial charge in [0.1, 0.15) is 18.1 Å². The summed E-state index contributed by atoms with van der Waals surface area (Å²) in [5.74, 6) is -3.17. The first kappa shape index (κ1) is 28.9. The molecule has 1 aromatic rings. The maximum Gasteiger partial charge on any atom is 0.326 e. The molecule has 4 amide bonds. The second-order valence-corrected chi connectivity index (χ2v) is 8.76. The molecule has 0 aliphatic rings. The molecule has 0 spiro atoms. The van der Waals surface area contributed by atoms with Crippen LogP contribution in [-0.2, 0) is 30.4 Å². The molecule has 1 rings (SSSR count). The van der Waals surface area contributed by atoms with Crippen molar-refractivity contribution in [3.05, 3.63) is 35.9 Å². The molecule has 0 fully saturated rings. The number of hydrogen-bond acceptors (Lipinski definition) is 7. The molecule has 0 heterocycles. The van der Waals surface area contributed by atoms with Gasteiger partial charge in [-0.1, -0.05) is 30.3 Å². The van der Waals surface area contributed by atoms with E-state index in [0.717, 1.165) is 5.56 Å². The Morgan fingerprint density at radius 1 is 0.941 bits per heavy atom. The normalized spacial score (nSPS) is 14.2. The van der Waals surface area contributed by atoms with Gasteiger partial charge in [0.2, 0.25) is 23.6 Å². The minimum absolute atomic E-state index is 0.0289. The quantitative estimate of drug-likeness (QED) is 0.181. The maximum atomic E-state index is 12.9. The summed E-state index contributed by atoms with van der Waals surface area (Å²) in [6.07, 6.45) is 2.13. The predicted molar refractivity (Wildman–Crippen MR) is 129 cm³/mol. The van der Waals surface area contributed by atoms with Crippen LogP contribution in [0.3, 0.4) is 0 Å². The Labute approximate surface area is 202 Å². The molecule has 0 aliphatic heterocycles. The molecule has 11 nitrogen and oxygen atoms in total. The number of nitrogens with two attached hydrogens (primary N) is 2. The zero-order valence-corrected chi connectivity index (χ0v) is 20.1. The van der Waals surface area contributed by atoms with E-state index in [1.807, 2.05) is 6.26 Å². The number of hydrogen-bond donors (Lipinski definition) is 6. The number of carboxylic acid groups (broad SMARTS) is 1. The Bertz CT molecular complexity index is 853. The average molecular weight is 496 g/mol. The molecule has 0 aromatic heterocycles. The van der Waals surface area contributed by atoms with Crippen molar-refractivity contribution in [3.8, 4) is 0 Å². The van der Waals surface area contributed by atoms with E-state index in [0.29, 0.717) is 5.75 Å². The first-order valence-electron chi connectivity index (χ1n) is 10.8. The van der Waals surface area contributed by atoms with Gasteiger partial charge in [-0.3, -0.25) is 19.2 Å². The summed E-state index contributed by atoms with van der Waals surface area (Å²) in [5.41, 5.74) is 11.5. The van der Waals surface area contributed by atoms with Gasteiger partial charge in [0, 0.05) is 12.8 Å². The van der Waals surface area contributed by atoms with Crippen LogP contribution < -0.4 is 27.4 Å². The highest BCUT2D eigenvalue weighted by Gasteiger charge is 2.29. The summed E-state index contributed by atoms with van der Waals surface area (Å²) in [4.78, 5) is 60.2. The highest BCUT2D eigenvalue weighted by molar-refractivity contribution is 7.98. The lowest BCUT2D eigenvalue weighted by molar-refractivity contribution is -0.142. The minimum Gasteiger partial charge on any atom is -0.480 e. The second kappa shape index (κ2) is 14.9. The summed E-state index contributed by atoms with van der Waals surface area (Å²) in [6.45, 7) is 1.42. The molecule has 4 unspecified atom stereocenters. The summed E-state index contributed by atoms with van der Waals surface area (Å²) >= 11 is 1.45. The predicted octanol–water partition coefficient (Wildman–Crippen LogP) is -0.866. The van der Waals surface area contributed by atoms with Crippen LogP contribution in [0, 0.1) is 0 Å². The van der Waals surface area contributed by atoms with Crippen LogP contribution in [0.15, 0.2) is 30.3 Å². The lowest BCUT2D eigenvalue weighted by Gasteiger charge is -2.24. The topological polar surface area (TPSA) is 194 Å². The fourth-order valence-corrected chi connectivity index (χ4v) is 3.41. The monoisotopic (exact) mass is 495 g/mol. The largest absolute Gasteiger partial charge is 0.480 e. The number of aliphatic carboxylic acids is 1. The number of carboxylic acids is 1. The van der Waals surface area contributed by atoms with Gasteiger partial charge in [0.25, 0.3) is 0 Å². The lowest BCUT2D eigenvalue weighted by atomic mass is 10.0. The van der Waals surface area contributed by atoms with E-state index in [9.17, 15) is 29.1 Å².